The summed E-state index contributed by atoms with van der Waals surface area (Å²) in [6, 6.07) is 0. The third-order valence-corrected chi connectivity index (χ3v) is 2.83. The number of aromatic nitrogens is 2. The molecule has 0 saturated heterocycles. The van der Waals surface area contributed by atoms with Gasteiger partial charge in [0.05, 0.1) is 0 Å². The summed E-state index contributed by atoms with van der Waals surface area (Å²) in [5, 5.41) is 2.92. The molecule has 1 aromatic heterocycles. The summed E-state index contributed by atoms with van der Waals surface area (Å²) in [6.45, 7) is 3.38. The summed E-state index contributed by atoms with van der Waals surface area (Å²) in [7, 11) is 0. The Hall–Kier alpha value is -1.84. The maximum atomic E-state index is 11.6. The SMILES string of the molecule is Cc1nccn1CCNC(=O)CC1=CC=CC1. The summed E-state index contributed by atoms with van der Waals surface area (Å²) < 4.78 is 2.02. The van der Waals surface area contributed by atoms with Crippen molar-refractivity contribution in [2.75, 3.05) is 6.54 Å². The van der Waals surface area contributed by atoms with Gasteiger partial charge in [0.1, 0.15) is 5.82 Å². The molecule has 2 rings (SSSR count). The Bertz CT molecular complexity index is 457. The lowest BCUT2D eigenvalue weighted by Gasteiger charge is -2.07. The number of amides is 1. The molecule has 1 aliphatic rings. The molecule has 17 heavy (non-hydrogen) atoms. The van der Waals surface area contributed by atoms with Crippen LogP contribution in [0.4, 0.5) is 0 Å². The zero-order valence-electron chi connectivity index (χ0n) is 10.0. The number of carbonyl (C=O) groups is 1. The van der Waals surface area contributed by atoms with Crippen LogP contribution in [0.25, 0.3) is 0 Å². The van der Waals surface area contributed by atoms with E-state index in [0.29, 0.717) is 13.0 Å². The molecule has 0 bridgehead atoms. The Balaban J connectivity index is 1.68. The molecule has 90 valence electrons. The molecule has 0 unspecified atom stereocenters. The van der Waals surface area contributed by atoms with Crippen molar-refractivity contribution >= 4 is 5.91 Å². The number of allylic oxidation sites excluding steroid dienone is 3. The molecule has 1 amide bonds. The van der Waals surface area contributed by atoms with Gasteiger partial charge in [0.2, 0.25) is 5.91 Å². The van der Waals surface area contributed by atoms with Crippen molar-refractivity contribution in [1.82, 2.24) is 14.9 Å². The van der Waals surface area contributed by atoms with Gasteiger partial charge in [-0.3, -0.25) is 4.79 Å². The Kier molecular flexibility index (Phi) is 3.75. The minimum atomic E-state index is 0.0951. The summed E-state index contributed by atoms with van der Waals surface area (Å²) in [5.41, 5.74) is 1.18. The molecule has 0 atom stereocenters. The zero-order chi connectivity index (χ0) is 12.1. The largest absolute Gasteiger partial charge is 0.354 e. The highest BCUT2D eigenvalue weighted by Gasteiger charge is 2.06. The highest BCUT2D eigenvalue weighted by Crippen LogP contribution is 2.13. The molecule has 0 aromatic carbocycles. The van der Waals surface area contributed by atoms with Crippen LogP contribution in [-0.2, 0) is 11.3 Å². The first-order valence-corrected chi connectivity index (χ1v) is 5.85. The molecule has 1 aliphatic carbocycles. The van der Waals surface area contributed by atoms with Gasteiger partial charge in [-0.2, -0.15) is 0 Å². The maximum absolute atomic E-state index is 11.6. The van der Waals surface area contributed by atoms with Crippen molar-refractivity contribution < 1.29 is 4.79 Å². The van der Waals surface area contributed by atoms with Crippen molar-refractivity contribution in [1.29, 1.82) is 0 Å². The van der Waals surface area contributed by atoms with Crippen LogP contribution in [0.5, 0.6) is 0 Å². The van der Waals surface area contributed by atoms with Crippen molar-refractivity contribution in [2.24, 2.45) is 0 Å². The van der Waals surface area contributed by atoms with Crippen LogP contribution in [0, 0.1) is 6.92 Å². The van der Waals surface area contributed by atoms with Crippen LogP contribution < -0.4 is 5.32 Å². The quantitative estimate of drug-likeness (QED) is 0.836. The Labute approximate surface area is 101 Å². The molecule has 4 nitrogen and oxygen atoms in total. The van der Waals surface area contributed by atoms with Crippen molar-refractivity contribution in [3.05, 3.63) is 42.0 Å². The minimum Gasteiger partial charge on any atom is -0.354 e. The van der Waals surface area contributed by atoms with Crippen LogP contribution in [0.3, 0.4) is 0 Å². The van der Waals surface area contributed by atoms with Crippen LogP contribution >= 0.6 is 0 Å². The molecule has 0 fully saturated rings. The Morgan fingerprint density at radius 2 is 2.47 bits per heavy atom. The van der Waals surface area contributed by atoms with E-state index in [4.69, 9.17) is 0 Å². The summed E-state index contributed by atoms with van der Waals surface area (Å²) in [4.78, 5) is 15.7. The highest BCUT2D eigenvalue weighted by atomic mass is 16.1. The average molecular weight is 231 g/mol. The first-order valence-electron chi connectivity index (χ1n) is 5.85. The number of nitrogens with zero attached hydrogens (tertiary/aromatic N) is 2. The summed E-state index contributed by atoms with van der Waals surface area (Å²) >= 11 is 0. The Morgan fingerprint density at radius 1 is 1.59 bits per heavy atom. The molecule has 0 spiro atoms. The Morgan fingerprint density at radius 3 is 3.12 bits per heavy atom. The van der Waals surface area contributed by atoms with Crippen LogP contribution in [0.1, 0.15) is 18.7 Å². The number of hydrogen-bond donors (Lipinski definition) is 1. The number of rotatable bonds is 5. The lowest BCUT2D eigenvalue weighted by Crippen LogP contribution is -2.27. The van der Waals surface area contributed by atoms with E-state index in [9.17, 15) is 4.79 Å². The monoisotopic (exact) mass is 231 g/mol. The third-order valence-electron chi connectivity index (χ3n) is 2.83. The smallest absolute Gasteiger partial charge is 0.224 e. The van der Waals surface area contributed by atoms with E-state index < -0.39 is 0 Å². The van der Waals surface area contributed by atoms with E-state index in [1.165, 1.54) is 5.57 Å². The molecule has 1 heterocycles. The normalized spacial score (nSPS) is 13.8. The molecule has 0 aliphatic heterocycles. The van der Waals surface area contributed by atoms with Gasteiger partial charge in [0, 0.05) is 31.9 Å². The van der Waals surface area contributed by atoms with Gasteiger partial charge in [-0.05, 0) is 13.3 Å². The number of aryl methyl sites for hydroxylation is 1. The second kappa shape index (κ2) is 5.48. The summed E-state index contributed by atoms with van der Waals surface area (Å²) in [5.74, 6) is 1.07. The zero-order valence-corrected chi connectivity index (χ0v) is 10.0. The van der Waals surface area contributed by atoms with Crippen LogP contribution in [0.2, 0.25) is 0 Å². The van der Waals surface area contributed by atoms with Gasteiger partial charge < -0.3 is 9.88 Å². The summed E-state index contributed by atoms with van der Waals surface area (Å²) in [6.07, 6.45) is 11.2. The van der Waals surface area contributed by atoms with E-state index in [0.717, 1.165) is 18.8 Å². The minimum absolute atomic E-state index is 0.0951. The second-order valence-corrected chi connectivity index (χ2v) is 4.15. The topological polar surface area (TPSA) is 46.9 Å². The lowest BCUT2D eigenvalue weighted by atomic mass is 10.1. The standard InChI is InChI=1S/C13H17N3O/c1-11-14-6-8-16(11)9-7-15-13(17)10-12-4-2-3-5-12/h2-4,6,8H,5,7,9-10H2,1H3,(H,15,17). The first-order chi connectivity index (χ1) is 8.25. The number of hydrogen-bond acceptors (Lipinski definition) is 2. The van der Waals surface area contributed by atoms with Gasteiger partial charge in [0.15, 0.2) is 0 Å². The fourth-order valence-corrected chi connectivity index (χ4v) is 1.85. The van der Waals surface area contributed by atoms with Gasteiger partial charge in [-0.25, -0.2) is 4.98 Å². The molecule has 1 aromatic rings. The molecular formula is C13H17N3O. The highest BCUT2D eigenvalue weighted by molar-refractivity contribution is 5.78. The fraction of sp³-hybridized carbons (Fsp3) is 0.385. The predicted molar refractivity (Wildman–Crippen MR) is 66.4 cm³/mol. The number of imidazole rings is 1. The maximum Gasteiger partial charge on any atom is 0.224 e. The van der Waals surface area contributed by atoms with Crippen LogP contribution in [0.15, 0.2) is 36.2 Å². The van der Waals surface area contributed by atoms with E-state index in [-0.39, 0.29) is 5.91 Å². The van der Waals surface area contributed by atoms with E-state index in [2.05, 4.69) is 16.4 Å². The third kappa shape index (κ3) is 3.31. The van der Waals surface area contributed by atoms with Gasteiger partial charge in [-0.1, -0.05) is 23.8 Å². The van der Waals surface area contributed by atoms with E-state index in [1.807, 2.05) is 29.8 Å². The van der Waals surface area contributed by atoms with Crippen molar-refractivity contribution in [3.63, 3.8) is 0 Å². The molecule has 0 radical (unpaired) electrons. The van der Waals surface area contributed by atoms with Crippen molar-refractivity contribution in [3.8, 4) is 0 Å². The second-order valence-electron chi connectivity index (χ2n) is 4.15. The van der Waals surface area contributed by atoms with E-state index in [1.54, 1.807) is 6.20 Å². The van der Waals surface area contributed by atoms with Gasteiger partial charge in [-0.15, -0.1) is 0 Å². The number of nitrogens with one attached hydrogen (secondary N) is 1. The lowest BCUT2D eigenvalue weighted by molar-refractivity contribution is -0.120. The number of carbonyl (C=O) groups excluding carboxylic acids is 1. The molecule has 4 heteroatoms. The van der Waals surface area contributed by atoms with Gasteiger partial charge in [0.25, 0.3) is 0 Å². The van der Waals surface area contributed by atoms with Crippen molar-refractivity contribution in [2.45, 2.75) is 26.3 Å². The molecule has 1 N–H and O–H groups in total. The average Bonchev–Trinajstić information content (AvgIpc) is 2.91. The van der Waals surface area contributed by atoms with Gasteiger partial charge >= 0.3 is 0 Å². The first kappa shape index (κ1) is 11.6. The fourth-order valence-electron chi connectivity index (χ4n) is 1.85. The van der Waals surface area contributed by atoms with E-state index >= 15 is 0 Å². The predicted octanol–water partition coefficient (Wildman–Crippen LogP) is 1.58. The van der Waals surface area contributed by atoms with Crippen LogP contribution in [-0.4, -0.2) is 22.0 Å². The molecule has 0 saturated carbocycles. The molecular weight excluding hydrogens is 214 g/mol.